The summed E-state index contributed by atoms with van der Waals surface area (Å²) in [7, 11) is 0. The number of nitrogens with one attached hydrogen (secondary N) is 1. The summed E-state index contributed by atoms with van der Waals surface area (Å²) in [6.07, 6.45) is 2.97. The van der Waals surface area contributed by atoms with Gasteiger partial charge in [0.25, 0.3) is 0 Å². The van der Waals surface area contributed by atoms with Crippen molar-refractivity contribution in [2.75, 3.05) is 11.1 Å². The van der Waals surface area contributed by atoms with Gasteiger partial charge in [-0.2, -0.15) is 18.3 Å². The summed E-state index contributed by atoms with van der Waals surface area (Å²) in [5.74, 6) is 0.243. The van der Waals surface area contributed by atoms with Crippen molar-refractivity contribution in [2.24, 2.45) is 0 Å². The molecule has 1 aliphatic carbocycles. The first-order chi connectivity index (χ1) is 14.9. The smallest absolute Gasteiger partial charge is 0.310 e. The largest absolute Gasteiger partial charge is 0.406 e. The van der Waals surface area contributed by atoms with Crippen LogP contribution < -0.4 is 5.32 Å². The van der Waals surface area contributed by atoms with Crippen molar-refractivity contribution < 1.29 is 18.0 Å². The number of anilines is 1. The molecule has 0 saturated heterocycles. The molecule has 0 radical (unpaired) electrons. The minimum absolute atomic E-state index is 0.0566. The Hall–Kier alpha value is -2.75. The van der Waals surface area contributed by atoms with Gasteiger partial charge in [0.1, 0.15) is 12.4 Å². The zero-order valence-electron chi connectivity index (χ0n) is 16.7. The third-order valence-corrected chi connectivity index (χ3v) is 6.16. The molecule has 1 amide bonds. The minimum atomic E-state index is -4.41. The third kappa shape index (κ3) is 5.30. The number of nitrogens with zero attached hydrogens (tertiary/aromatic N) is 4. The molecule has 0 unspecified atom stereocenters. The number of imidazole rings is 1. The van der Waals surface area contributed by atoms with E-state index in [1.165, 1.54) is 6.20 Å². The van der Waals surface area contributed by atoms with E-state index in [0.29, 0.717) is 17.1 Å². The molecule has 2 heterocycles. The highest BCUT2D eigenvalue weighted by molar-refractivity contribution is 7.99. The Morgan fingerprint density at radius 3 is 2.61 bits per heavy atom. The van der Waals surface area contributed by atoms with Gasteiger partial charge in [0.15, 0.2) is 5.16 Å². The average molecular weight is 450 g/mol. The van der Waals surface area contributed by atoms with Gasteiger partial charge in [-0.25, -0.2) is 9.67 Å². The van der Waals surface area contributed by atoms with Crippen LogP contribution in [0.2, 0.25) is 0 Å². The van der Waals surface area contributed by atoms with Crippen LogP contribution in [0.3, 0.4) is 0 Å². The quantitative estimate of drug-likeness (QED) is 0.507. The number of amides is 1. The lowest BCUT2D eigenvalue weighted by Gasteiger charge is -2.15. The molecule has 31 heavy (non-hydrogen) atoms. The normalized spacial score (nSPS) is 14.8. The molecule has 0 bridgehead atoms. The number of thioether (sulfide) groups is 1. The summed E-state index contributed by atoms with van der Waals surface area (Å²) in [5.41, 5.74) is 0.996. The minimum Gasteiger partial charge on any atom is -0.310 e. The number of aromatic nitrogens is 4. The van der Waals surface area contributed by atoms with Crippen LogP contribution in [0.25, 0.3) is 11.3 Å². The molecule has 1 aromatic carbocycles. The molecule has 4 rings (SSSR count). The lowest BCUT2D eigenvalue weighted by Crippen LogP contribution is -2.21. The Morgan fingerprint density at radius 2 is 1.90 bits per heavy atom. The van der Waals surface area contributed by atoms with Crippen molar-refractivity contribution >= 4 is 23.5 Å². The van der Waals surface area contributed by atoms with Crippen molar-refractivity contribution in [3.8, 4) is 11.3 Å². The van der Waals surface area contributed by atoms with E-state index in [1.807, 2.05) is 4.68 Å². The second kappa shape index (κ2) is 9.17. The van der Waals surface area contributed by atoms with Crippen LogP contribution in [0.15, 0.2) is 53.9 Å². The van der Waals surface area contributed by atoms with E-state index < -0.39 is 12.7 Å². The number of carbonyl (C=O) groups is 1. The molecule has 164 valence electrons. The molecular weight excluding hydrogens is 427 g/mol. The van der Waals surface area contributed by atoms with E-state index in [4.69, 9.17) is 0 Å². The molecule has 3 aromatic rings. The lowest BCUT2D eigenvalue weighted by atomic mass is 10.2. The fraction of sp³-hybridized carbons (Fsp3) is 0.381. The molecule has 1 saturated carbocycles. The third-order valence-electron chi connectivity index (χ3n) is 5.17. The average Bonchev–Trinajstić information content (AvgIpc) is 3.47. The number of hydrogen-bond acceptors (Lipinski definition) is 4. The van der Waals surface area contributed by atoms with E-state index in [-0.39, 0.29) is 22.9 Å². The van der Waals surface area contributed by atoms with Gasteiger partial charge in [0, 0.05) is 6.07 Å². The van der Waals surface area contributed by atoms with Crippen LogP contribution in [-0.2, 0) is 11.3 Å². The molecule has 0 aliphatic heterocycles. The van der Waals surface area contributed by atoms with Crippen LogP contribution in [-0.4, -0.2) is 37.2 Å². The standard InChI is InChI=1S/C21H22F3N5OS/c22-21(23,24)14-28-17(15-6-2-1-3-7-15)12-25-20(28)31-13-19(30)27-18-10-11-26-29(18)16-8-4-5-9-16/h1-3,6-7,10-12,16H,4-5,8-9,13-14H2,(H,27,30). The molecule has 0 spiro atoms. The second-order valence-corrected chi connectivity index (χ2v) is 8.37. The second-order valence-electron chi connectivity index (χ2n) is 7.43. The van der Waals surface area contributed by atoms with E-state index in [1.54, 1.807) is 42.6 Å². The van der Waals surface area contributed by atoms with E-state index in [2.05, 4.69) is 15.4 Å². The van der Waals surface area contributed by atoms with Gasteiger partial charge in [0.2, 0.25) is 5.91 Å². The van der Waals surface area contributed by atoms with Gasteiger partial charge in [-0.05, 0) is 18.4 Å². The van der Waals surface area contributed by atoms with Crippen molar-refractivity contribution in [3.05, 3.63) is 48.8 Å². The summed E-state index contributed by atoms with van der Waals surface area (Å²) in [5, 5.41) is 7.29. The highest BCUT2D eigenvalue weighted by Crippen LogP contribution is 2.32. The van der Waals surface area contributed by atoms with Crippen LogP contribution in [0.4, 0.5) is 19.0 Å². The molecular formula is C21H22F3N5OS. The summed E-state index contributed by atoms with van der Waals surface area (Å²) in [6.45, 7) is -1.17. The maximum atomic E-state index is 13.2. The SMILES string of the molecule is O=C(CSc1ncc(-c2ccccc2)n1CC(F)(F)F)Nc1ccnn1C1CCCC1. The van der Waals surface area contributed by atoms with E-state index >= 15 is 0 Å². The fourth-order valence-corrected chi connectivity index (χ4v) is 4.59. The summed E-state index contributed by atoms with van der Waals surface area (Å²) >= 11 is 0.981. The Bertz CT molecular complexity index is 1030. The van der Waals surface area contributed by atoms with Crippen LogP contribution in [0.5, 0.6) is 0 Å². The predicted octanol–water partition coefficient (Wildman–Crippen LogP) is 5.15. The Morgan fingerprint density at radius 1 is 1.16 bits per heavy atom. The van der Waals surface area contributed by atoms with Crippen LogP contribution in [0, 0.1) is 0 Å². The van der Waals surface area contributed by atoms with Crippen LogP contribution >= 0.6 is 11.8 Å². The molecule has 1 fully saturated rings. The number of carbonyl (C=O) groups excluding carboxylic acids is 1. The van der Waals surface area contributed by atoms with Gasteiger partial charge < -0.3 is 9.88 Å². The summed E-state index contributed by atoms with van der Waals surface area (Å²) < 4.78 is 42.5. The first-order valence-electron chi connectivity index (χ1n) is 10.0. The van der Waals surface area contributed by atoms with Gasteiger partial charge in [0.05, 0.1) is 29.9 Å². The van der Waals surface area contributed by atoms with Crippen molar-refractivity contribution in [1.29, 1.82) is 0 Å². The van der Waals surface area contributed by atoms with Gasteiger partial charge in [-0.15, -0.1) is 0 Å². The van der Waals surface area contributed by atoms with Gasteiger partial charge in [-0.1, -0.05) is 54.9 Å². The first-order valence-corrected chi connectivity index (χ1v) is 11.0. The zero-order chi connectivity index (χ0) is 21.8. The summed E-state index contributed by atoms with van der Waals surface area (Å²) in [4.78, 5) is 16.6. The Balaban J connectivity index is 1.46. The molecule has 1 aliphatic rings. The summed E-state index contributed by atoms with van der Waals surface area (Å²) in [6, 6.07) is 10.8. The van der Waals surface area contributed by atoms with E-state index in [9.17, 15) is 18.0 Å². The monoisotopic (exact) mass is 449 g/mol. The number of halogens is 3. The predicted molar refractivity (Wildman–Crippen MR) is 113 cm³/mol. The lowest BCUT2D eigenvalue weighted by molar-refractivity contribution is -0.141. The van der Waals surface area contributed by atoms with Gasteiger partial charge in [-0.3, -0.25) is 4.79 Å². The Kier molecular flexibility index (Phi) is 6.35. The number of alkyl halides is 3. The fourth-order valence-electron chi connectivity index (χ4n) is 3.81. The van der Waals surface area contributed by atoms with Crippen molar-refractivity contribution in [1.82, 2.24) is 19.3 Å². The van der Waals surface area contributed by atoms with Crippen molar-refractivity contribution in [3.63, 3.8) is 0 Å². The molecule has 6 nitrogen and oxygen atoms in total. The molecule has 10 heteroatoms. The first kappa shape index (κ1) is 21.5. The highest BCUT2D eigenvalue weighted by atomic mass is 32.2. The number of hydrogen-bond donors (Lipinski definition) is 1. The van der Waals surface area contributed by atoms with Crippen LogP contribution in [0.1, 0.15) is 31.7 Å². The number of benzene rings is 1. The topological polar surface area (TPSA) is 64.7 Å². The molecule has 0 atom stereocenters. The number of rotatable bonds is 7. The highest BCUT2D eigenvalue weighted by Gasteiger charge is 2.31. The maximum absolute atomic E-state index is 13.2. The maximum Gasteiger partial charge on any atom is 0.406 e. The Labute approximate surface area is 181 Å². The molecule has 1 N–H and O–H groups in total. The molecule has 2 aromatic heterocycles. The van der Waals surface area contributed by atoms with Crippen molar-refractivity contribution in [2.45, 2.75) is 49.6 Å². The zero-order valence-corrected chi connectivity index (χ0v) is 17.5. The van der Waals surface area contributed by atoms with Gasteiger partial charge >= 0.3 is 6.18 Å². The van der Waals surface area contributed by atoms with E-state index in [0.717, 1.165) is 42.0 Å².